The molecule has 2 heterocycles. The first-order chi connectivity index (χ1) is 10.2. The van der Waals surface area contributed by atoms with Crippen LogP contribution in [0.4, 0.5) is 0 Å². The van der Waals surface area contributed by atoms with Crippen LogP contribution < -0.4 is 5.32 Å². The largest absolute Gasteiger partial charge is 0.379 e. The Bertz CT molecular complexity index is 464. The van der Waals surface area contributed by atoms with Crippen molar-refractivity contribution in [1.82, 2.24) is 19.8 Å². The highest BCUT2D eigenvalue weighted by atomic mass is 16.5. The number of nitrogens with one attached hydrogen (secondary N) is 1. The number of hydrogen-bond acceptors (Lipinski definition) is 4. The van der Waals surface area contributed by atoms with Gasteiger partial charge >= 0.3 is 0 Å². The summed E-state index contributed by atoms with van der Waals surface area (Å²) in [4.78, 5) is 18.7. The minimum Gasteiger partial charge on any atom is -0.379 e. The number of carbonyl (C=O) groups is 1. The lowest BCUT2D eigenvalue weighted by atomic mass is 10.1. The van der Waals surface area contributed by atoms with Crippen molar-refractivity contribution in [2.75, 3.05) is 39.4 Å². The van der Waals surface area contributed by atoms with Gasteiger partial charge in [0.15, 0.2) is 0 Å². The molecule has 0 radical (unpaired) electrons. The molecule has 1 aromatic heterocycles. The average molecular weight is 292 g/mol. The number of morpholine rings is 1. The van der Waals surface area contributed by atoms with Gasteiger partial charge in [0, 0.05) is 44.0 Å². The summed E-state index contributed by atoms with van der Waals surface area (Å²) in [5, 5.41) is 3.12. The zero-order chi connectivity index (χ0) is 14.7. The van der Waals surface area contributed by atoms with Gasteiger partial charge in [-0.15, -0.1) is 0 Å². The summed E-state index contributed by atoms with van der Waals surface area (Å²) in [5.41, 5.74) is 0.293. The molecule has 1 aliphatic heterocycles. The standard InChI is InChI=1S/C15H24N4O2/c1-13(19-5-4-16-12-19)14(20)17-10-15(2-3-15)11-18-6-8-21-9-7-18/h4-5,12-13H,2-3,6-11H2,1H3,(H,17,20)/t13-/m0/s1. The second kappa shape index (κ2) is 6.15. The molecule has 1 aliphatic carbocycles. The maximum Gasteiger partial charge on any atom is 0.242 e. The van der Waals surface area contributed by atoms with Crippen LogP contribution in [0.1, 0.15) is 25.8 Å². The molecule has 1 aromatic rings. The average Bonchev–Trinajstić information content (AvgIpc) is 3.05. The molecular weight excluding hydrogens is 268 g/mol. The molecule has 2 aliphatic rings. The predicted octanol–water partition coefficient (Wildman–Crippen LogP) is 0.673. The lowest BCUT2D eigenvalue weighted by Crippen LogP contribution is -2.43. The van der Waals surface area contributed by atoms with Gasteiger partial charge in [-0.25, -0.2) is 4.98 Å². The molecule has 0 spiro atoms. The molecule has 0 aromatic carbocycles. The highest BCUT2D eigenvalue weighted by molar-refractivity contribution is 5.79. The number of imidazole rings is 1. The van der Waals surface area contributed by atoms with Gasteiger partial charge in [-0.1, -0.05) is 0 Å². The van der Waals surface area contributed by atoms with Gasteiger partial charge in [-0.05, 0) is 19.8 Å². The smallest absolute Gasteiger partial charge is 0.242 e. The quantitative estimate of drug-likeness (QED) is 0.837. The van der Waals surface area contributed by atoms with Crippen molar-refractivity contribution in [1.29, 1.82) is 0 Å². The molecule has 1 amide bonds. The Labute approximate surface area is 125 Å². The van der Waals surface area contributed by atoms with Gasteiger partial charge in [-0.2, -0.15) is 0 Å². The molecule has 21 heavy (non-hydrogen) atoms. The van der Waals surface area contributed by atoms with Crippen LogP contribution in [0.25, 0.3) is 0 Å². The Morgan fingerprint density at radius 3 is 2.81 bits per heavy atom. The van der Waals surface area contributed by atoms with Crippen molar-refractivity contribution in [3.05, 3.63) is 18.7 Å². The molecule has 6 nitrogen and oxygen atoms in total. The van der Waals surface area contributed by atoms with Gasteiger partial charge < -0.3 is 14.6 Å². The van der Waals surface area contributed by atoms with Crippen molar-refractivity contribution in [2.45, 2.75) is 25.8 Å². The Hall–Kier alpha value is -1.40. The van der Waals surface area contributed by atoms with Crippen molar-refractivity contribution < 1.29 is 9.53 Å². The number of ether oxygens (including phenoxy) is 1. The van der Waals surface area contributed by atoms with Crippen LogP contribution >= 0.6 is 0 Å². The Morgan fingerprint density at radius 1 is 1.43 bits per heavy atom. The second-order valence-electron chi connectivity index (χ2n) is 6.29. The van der Waals surface area contributed by atoms with Crippen LogP contribution in [0.2, 0.25) is 0 Å². The summed E-state index contributed by atoms with van der Waals surface area (Å²) in [7, 11) is 0. The Balaban J connectivity index is 1.46. The maximum absolute atomic E-state index is 12.2. The fraction of sp³-hybridized carbons (Fsp3) is 0.733. The zero-order valence-electron chi connectivity index (χ0n) is 12.6. The third kappa shape index (κ3) is 3.63. The van der Waals surface area contributed by atoms with Crippen LogP contribution in [-0.4, -0.2) is 59.8 Å². The summed E-state index contributed by atoms with van der Waals surface area (Å²) in [5.74, 6) is 0.0706. The predicted molar refractivity (Wildman–Crippen MR) is 78.9 cm³/mol. The van der Waals surface area contributed by atoms with Crippen molar-refractivity contribution in [3.8, 4) is 0 Å². The Morgan fingerprint density at radius 2 is 2.19 bits per heavy atom. The SMILES string of the molecule is C[C@@H](C(=O)NCC1(CN2CCOCC2)CC1)n1ccnc1. The van der Waals surface area contributed by atoms with E-state index < -0.39 is 0 Å². The van der Waals surface area contributed by atoms with Crippen molar-refractivity contribution >= 4 is 5.91 Å². The summed E-state index contributed by atoms with van der Waals surface area (Å²) < 4.78 is 7.22. The summed E-state index contributed by atoms with van der Waals surface area (Å²) in [6.45, 7) is 7.46. The number of nitrogens with zero attached hydrogens (tertiary/aromatic N) is 3. The van der Waals surface area contributed by atoms with Crippen molar-refractivity contribution in [2.24, 2.45) is 5.41 Å². The van der Waals surface area contributed by atoms with E-state index in [1.165, 1.54) is 12.8 Å². The molecule has 6 heteroatoms. The number of aromatic nitrogens is 2. The number of rotatable bonds is 6. The molecular formula is C15H24N4O2. The van der Waals surface area contributed by atoms with Crippen LogP contribution in [0.5, 0.6) is 0 Å². The van der Waals surface area contributed by atoms with E-state index in [9.17, 15) is 4.79 Å². The minimum atomic E-state index is -0.202. The zero-order valence-corrected chi connectivity index (χ0v) is 12.6. The fourth-order valence-electron chi connectivity index (χ4n) is 2.86. The number of amides is 1. The van der Waals surface area contributed by atoms with E-state index in [0.29, 0.717) is 5.41 Å². The second-order valence-corrected chi connectivity index (χ2v) is 6.29. The van der Waals surface area contributed by atoms with Crippen LogP contribution in [0, 0.1) is 5.41 Å². The molecule has 3 rings (SSSR count). The van der Waals surface area contributed by atoms with E-state index in [4.69, 9.17) is 4.74 Å². The van der Waals surface area contributed by atoms with Crippen LogP contribution in [-0.2, 0) is 9.53 Å². The van der Waals surface area contributed by atoms with E-state index >= 15 is 0 Å². The van der Waals surface area contributed by atoms with E-state index in [0.717, 1.165) is 39.4 Å². The molecule has 1 saturated heterocycles. The van der Waals surface area contributed by atoms with E-state index in [1.54, 1.807) is 12.5 Å². The monoisotopic (exact) mass is 292 g/mol. The highest BCUT2D eigenvalue weighted by Gasteiger charge is 2.44. The summed E-state index contributed by atoms with van der Waals surface area (Å²) in [6.07, 6.45) is 7.63. The minimum absolute atomic E-state index is 0.0706. The van der Waals surface area contributed by atoms with E-state index in [1.807, 2.05) is 17.7 Å². The van der Waals surface area contributed by atoms with Gasteiger partial charge in [0.05, 0.1) is 19.5 Å². The maximum atomic E-state index is 12.2. The number of hydrogen-bond donors (Lipinski definition) is 1. The topological polar surface area (TPSA) is 59.4 Å². The molecule has 116 valence electrons. The lowest BCUT2D eigenvalue weighted by molar-refractivity contribution is -0.124. The van der Waals surface area contributed by atoms with Gasteiger partial charge in [0.1, 0.15) is 6.04 Å². The van der Waals surface area contributed by atoms with Crippen LogP contribution in [0.15, 0.2) is 18.7 Å². The van der Waals surface area contributed by atoms with Crippen molar-refractivity contribution in [3.63, 3.8) is 0 Å². The number of carbonyl (C=O) groups excluding carboxylic acids is 1. The fourth-order valence-corrected chi connectivity index (χ4v) is 2.86. The molecule has 2 fully saturated rings. The van der Waals surface area contributed by atoms with Gasteiger partial charge in [-0.3, -0.25) is 9.69 Å². The van der Waals surface area contributed by atoms with E-state index in [-0.39, 0.29) is 11.9 Å². The summed E-state index contributed by atoms with van der Waals surface area (Å²) >= 11 is 0. The molecule has 1 atom stereocenters. The first-order valence-electron chi connectivity index (χ1n) is 7.74. The van der Waals surface area contributed by atoms with Gasteiger partial charge in [0.25, 0.3) is 0 Å². The first-order valence-corrected chi connectivity index (χ1v) is 7.74. The molecule has 1 N–H and O–H groups in total. The third-order valence-electron chi connectivity index (χ3n) is 4.61. The van der Waals surface area contributed by atoms with E-state index in [2.05, 4.69) is 15.2 Å². The van der Waals surface area contributed by atoms with Gasteiger partial charge in [0.2, 0.25) is 5.91 Å². The molecule has 0 bridgehead atoms. The normalized spacial score (nSPS) is 22.7. The summed E-state index contributed by atoms with van der Waals surface area (Å²) in [6, 6.07) is -0.202. The van der Waals surface area contributed by atoms with Crippen LogP contribution in [0.3, 0.4) is 0 Å². The lowest BCUT2D eigenvalue weighted by Gasteiger charge is -2.30. The Kier molecular flexibility index (Phi) is 4.26. The third-order valence-corrected chi connectivity index (χ3v) is 4.61. The first kappa shape index (κ1) is 14.5. The highest BCUT2D eigenvalue weighted by Crippen LogP contribution is 2.45. The molecule has 1 saturated carbocycles. The molecule has 0 unspecified atom stereocenters.